The lowest BCUT2D eigenvalue weighted by atomic mass is 10.1. The molecule has 0 radical (unpaired) electrons. The molecule has 0 aromatic heterocycles. The topological polar surface area (TPSA) is 87.9 Å². The number of ketones is 1. The van der Waals surface area contributed by atoms with E-state index in [2.05, 4.69) is 0 Å². The molecule has 2 aromatic rings. The fraction of sp³-hybridized carbons (Fsp3) is 0.222. The maximum absolute atomic E-state index is 12.4. The van der Waals surface area contributed by atoms with Gasteiger partial charge in [-0.15, -0.1) is 0 Å². The molecule has 1 aliphatic rings. The average Bonchev–Trinajstić information content (AvgIpc) is 2.84. The van der Waals surface area contributed by atoms with Crippen LogP contribution < -0.4 is 19.9 Å². The third-order valence-corrected chi connectivity index (χ3v) is 3.87. The van der Waals surface area contributed by atoms with Crippen molar-refractivity contribution in [3.8, 4) is 17.2 Å². The number of amides is 1. The van der Waals surface area contributed by atoms with Crippen LogP contribution in [0.1, 0.15) is 27.1 Å². The second-order valence-corrected chi connectivity index (χ2v) is 5.87. The third-order valence-electron chi connectivity index (χ3n) is 3.64. The molecule has 0 bridgehead atoms. The summed E-state index contributed by atoms with van der Waals surface area (Å²) in [5.41, 5.74) is 5.85. The third kappa shape index (κ3) is 4.03. The molecule has 2 N–H and O–H groups in total. The molecule has 25 heavy (non-hydrogen) atoms. The van der Waals surface area contributed by atoms with Crippen molar-refractivity contribution in [2.45, 2.75) is 6.42 Å². The Labute approximate surface area is 149 Å². The highest BCUT2D eigenvalue weighted by molar-refractivity contribution is 6.31. The van der Waals surface area contributed by atoms with Crippen LogP contribution in [0, 0.1) is 0 Å². The first-order chi connectivity index (χ1) is 12.0. The molecule has 0 unspecified atom stereocenters. The lowest BCUT2D eigenvalue weighted by Crippen LogP contribution is -2.16. The van der Waals surface area contributed by atoms with Gasteiger partial charge in [0.1, 0.15) is 5.75 Å². The van der Waals surface area contributed by atoms with Crippen LogP contribution in [0.2, 0.25) is 5.02 Å². The maximum atomic E-state index is 12.4. The van der Waals surface area contributed by atoms with Gasteiger partial charge in [-0.1, -0.05) is 11.6 Å². The van der Waals surface area contributed by atoms with Crippen molar-refractivity contribution in [2.24, 2.45) is 5.73 Å². The number of Topliss-reactive ketones (excluding diaryl/α,β-unsaturated/α-hetero) is 1. The molecule has 0 spiro atoms. The molecule has 7 heteroatoms. The Balaban J connectivity index is 1.73. The zero-order valence-corrected chi connectivity index (χ0v) is 14.0. The first kappa shape index (κ1) is 17.1. The quantitative estimate of drug-likeness (QED) is 0.827. The minimum atomic E-state index is -0.680. The number of carbonyl (C=O) groups is 2. The summed E-state index contributed by atoms with van der Waals surface area (Å²) in [5.74, 6) is 0.414. The highest BCUT2D eigenvalue weighted by Crippen LogP contribution is 2.30. The lowest BCUT2D eigenvalue weighted by Gasteiger charge is -2.11. The molecule has 1 aliphatic heterocycles. The van der Waals surface area contributed by atoms with Gasteiger partial charge in [-0.3, -0.25) is 9.59 Å². The van der Waals surface area contributed by atoms with E-state index in [1.807, 2.05) is 0 Å². The van der Waals surface area contributed by atoms with Crippen LogP contribution in [0.5, 0.6) is 17.2 Å². The van der Waals surface area contributed by atoms with E-state index in [-0.39, 0.29) is 23.7 Å². The summed E-state index contributed by atoms with van der Waals surface area (Å²) in [6, 6.07) is 9.44. The fourth-order valence-corrected chi connectivity index (χ4v) is 2.56. The Bertz CT molecular complexity index is 821. The lowest BCUT2D eigenvalue weighted by molar-refractivity contribution is 0.0912. The van der Waals surface area contributed by atoms with E-state index >= 15 is 0 Å². The van der Waals surface area contributed by atoms with Crippen LogP contribution in [0.3, 0.4) is 0 Å². The van der Waals surface area contributed by atoms with Gasteiger partial charge in [-0.05, 0) is 36.4 Å². The van der Waals surface area contributed by atoms with E-state index in [1.54, 1.807) is 24.3 Å². The van der Waals surface area contributed by atoms with E-state index in [0.29, 0.717) is 35.3 Å². The number of ether oxygens (including phenoxy) is 3. The minimum Gasteiger partial charge on any atom is -0.490 e. The Hall–Kier alpha value is -2.73. The number of nitrogens with two attached hydrogens (primary N) is 1. The van der Waals surface area contributed by atoms with Crippen molar-refractivity contribution in [3.63, 3.8) is 0 Å². The van der Waals surface area contributed by atoms with Crippen molar-refractivity contribution in [2.75, 3.05) is 19.8 Å². The summed E-state index contributed by atoms with van der Waals surface area (Å²) < 4.78 is 16.6. The van der Waals surface area contributed by atoms with Gasteiger partial charge in [0.05, 0.1) is 18.8 Å². The first-order valence-corrected chi connectivity index (χ1v) is 8.07. The number of halogens is 1. The molecule has 130 valence electrons. The molecule has 6 nitrogen and oxygen atoms in total. The zero-order chi connectivity index (χ0) is 17.8. The highest BCUT2D eigenvalue weighted by atomic mass is 35.5. The molecule has 0 saturated carbocycles. The fourth-order valence-electron chi connectivity index (χ4n) is 2.38. The van der Waals surface area contributed by atoms with E-state index in [0.717, 1.165) is 6.42 Å². The van der Waals surface area contributed by atoms with Crippen molar-refractivity contribution in [3.05, 3.63) is 52.5 Å². The number of primary amides is 1. The van der Waals surface area contributed by atoms with Gasteiger partial charge < -0.3 is 19.9 Å². The predicted molar refractivity (Wildman–Crippen MR) is 91.8 cm³/mol. The summed E-state index contributed by atoms with van der Waals surface area (Å²) in [6.45, 7) is 0.866. The van der Waals surface area contributed by atoms with Crippen molar-refractivity contribution >= 4 is 23.3 Å². The van der Waals surface area contributed by atoms with Crippen LogP contribution in [0.25, 0.3) is 0 Å². The SMILES string of the molecule is NC(=O)c1cc(Cl)ccc1OCC(=O)c1ccc2c(c1)OCCCO2. The Morgan fingerprint density at radius 1 is 1.08 bits per heavy atom. The standard InChI is InChI=1S/C18H16ClNO5/c19-12-3-5-15(13(9-12)18(20)22)25-10-14(21)11-2-4-16-17(8-11)24-7-1-6-23-16/h2-5,8-9H,1,6-7,10H2,(H2,20,22). The zero-order valence-electron chi connectivity index (χ0n) is 13.3. The summed E-state index contributed by atoms with van der Waals surface area (Å²) in [4.78, 5) is 23.8. The summed E-state index contributed by atoms with van der Waals surface area (Å²) in [5, 5.41) is 0.357. The highest BCUT2D eigenvalue weighted by Gasteiger charge is 2.16. The van der Waals surface area contributed by atoms with Crippen molar-refractivity contribution in [1.82, 2.24) is 0 Å². The van der Waals surface area contributed by atoms with Gasteiger partial charge in [0.15, 0.2) is 23.9 Å². The monoisotopic (exact) mass is 361 g/mol. The molecule has 2 aromatic carbocycles. The van der Waals surface area contributed by atoms with Crippen molar-refractivity contribution in [1.29, 1.82) is 0 Å². The van der Waals surface area contributed by atoms with E-state index in [1.165, 1.54) is 12.1 Å². The molecule has 3 rings (SSSR count). The van der Waals surface area contributed by atoms with Gasteiger partial charge in [-0.2, -0.15) is 0 Å². The number of rotatable bonds is 5. The predicted octanol–water partition coefficient (Wildman–Crippen LogP) is 2.86. The summed E-state index contributed by atoms with van der Waals surface area (Å²) in [6.07, 6.45) is 0.785. The van der Waals surface area contributed by atoms with Crippen LogP contribution in [0.4, 0.5) is 0 Å². The molecule has 0 fully saturated rings. The summed E-state index contributed by atoms with van der Waals surface area (Å²) >= 11 is 5.84. The molecule has 0 saturated heterocycles. The number of benzene rings is 2. The van der Waals surface area contributed by atoms with Gasteiger partial charge in [0.2, 0.25) is 0 Å². The Morgan fingerprint density at radius 3 is 2.60 bits per heavy atom. The van der Waals surface area contributed by atoms with Crippen molar-refractivity contribution < 1.29 is 23.8 Å². The maximum Gasteiger partial charge on any atom is 0.252 e. The molecule has 1 heterocycles. The van der Waals surface area contributed by atoms with Gasteiger partial charge in [0.25, 0.3) is 5.91 Å². The molecule has 0 aliphatic carbocycles. The molecule has 1 amide bonds. The second kappa shape index (κ2) is 7.44. The Morgan fingerprint density at radius 2 is 1.84 bits per heavy atom. The number of hydrogen-bond acceptors (Lipinski definition) is 5. The summed E-state index contributed by atoms with van der Waals surface area (Å²) in [7, 11) is 0. The average molecular weight is 362 g/mol. The van der Waals surface area contributed by atoms with E-state index in [4.69, 9.17) is 31.5 Å². The Kier molecular flexibility index (Phi) is 5.09. The molecular weight excluding hydrogens is 346 g/mol. The van der Waals surface area contributed by atoms with Gasteiger partial charge in [0, 0.05) is 17.0 Å². The van der Waals surface area contributed by atoms with E-state index in [9.17, 15) is 9.59 Å². The van der Waals surface area contributed by atoms with Gasteiger partial charge in [-0.25, -0.2) is 0 Å². The number of hydrogen-bond donors (Lipinski definition) is 1. The van der Waals surface area contributed by atoms with Gasteiger partial charge >= 0.3 is 0 Å². The van der Waals surface area contributed by atoms with E-state index < -0.39 is 5.91 Å². The second-order valence-electron chi connectivity index (χ2n) is 5.43. The smallest absolute Gasteiger partial charge is 0.252 e. The first-order valence-electron chi connectivity index (χ1n) is 7.69. The molecular formula is C18H16ClNO5. The number of fused-ring (bicyclic) bond motifs is 1. The largest absolute Gasteiger partial charge is 0.490 e. The van der Waals surface area contributed by atoms with Crippen LogP contribution in [-0.2, 0) is 0 Å². The van der Waals surface area contributed by atoms with Crippen LogP contribution in [0.15, 0.2) is 36.4 Å². The minimum absolute atomic E-state index is 0.124. The van der Waals surface area contributed by atoms with Crippen LogP contribution >= 0.6 is 11.6 Å². The normalized spacial score (nSPS) is 13.0. The molecule has 0 atom stereocenters. The van der Waals surface area contributed by atoms with Crippen LogP contribution in [-0.4, -0.2) is 31.5 Å². The number of carbonyl (C=O) groups excluding carboxylic acids is 2.